The van der Waals surface area contributed by atoms with Gasteiger partial charge in [-0.15, -0.1) is 10.2 Å². The molecule has 2 heterocycles. The molecule has 0 atom stereocenters. The van der Waals surface area contributed by atoms with Crippen LogP contribution in [-0.2, 0) is 4.79 Å². The number of benzene rings is 1. The fraction of sp³-hybridized carbons (Fsp3) is 0.412. The maximum Gasteiger partial charge on any atom is 0.256 e. The van der Waals surface area contributed by atoms with E-state index in [0.717, 1.165) is 24.1 Å². The Hall–Kier alpha value is -2.70. The zero-order chi connectivity index (χ0) is 16.7. The van der Waals surface area contributed by atoms with Crippen LogP contribution in [0, 0.1) is 6.92 Å². The quantitative estimate of drug-likeness (QED) is 0.845. The highest BCUT2D eigenvalue weighted by atomic mass is 16.2. The van der Waals surface area contributed by atoms with E-state index in [9.17, 15) is 9.59 Å². The van der Waals surface area contributed by atoms with Crippen molar-refractivity contribution in [3.63, 3.8) is 0 Å². The Bertz CT molecular complexity index is 782. The average molecular weight is 325 g/mol. The monoisotopic (exact) mass is 325 g/mol. The minimum absolute atomic E-state index is 0.0515. The van der Waals surface area contributed by atoms with Crippen LogP contribution in [0.25, 0.3) is 5.69 Å². The first-order valence-corrected chi connectivity index (χ1v) is 8.18. The number of carbonyl (C=O) groups excluding carboxylic acids is 2. The van der Waals surface area contributed by atoms with Gasteiger partial charge in [0.2, 0.25) is 5.91 Å². The van der Waals surface area contributed by atoms with Crippen molar-refractivity contribution in [2.75, 3.05) is 19.6 Å². The summed E-state index contributed by atoms with van der Waals surface area (Å²) in [7, 11) is 0. The van der Waals surface area contributed by atoms with Crippen LogP contribution in [0.15, 0.2) is 30.9 Å². The molecule has 124 valence electrons. The van der Waals surface area contributed by atoms with Crippen molar-refractivity contribution in [1.82, 2.24) is 24.6 Å². The molecular formula is C17H19N5O2. The minimum atomic E-state index is -0.119. The van der Waals surface area contributed by atoms with Gasteiger partial charge in [-0.2, -0.15) is 0 Å². The number of amides is 2. The smallest absolute Gasteiger partial charge is 0.256 e. The molecule has 1 aliphatic heterocycles. The van der Waals surface area contributed by atoms with Crippen LogP contribution >= 0.6 is 0 Å². The van der Waals surface area contributed by atoms with E-state index >= 15 is 0 Å². The van der Waals surface area contributed by atoms with Gasteiger partial charge in [0.15, 0.2) is 0 Å². The van der Waals surface area contributed by atoms with E-state index in [0.29, 0.717) is 24.7 Å². The molecule has 0 spiro atoms. The third-order valence-electron chi connectivity index (χ3n) is 4.61. The molecule has 1 aliphatic carbocycles. The standard InChI is InChI=1S/C17H19N5O2/c1-12-2-5-15(21-10-18-19-11-21)14(8-12)17(24)20-6-7-22(13-3-4-13)16(23)9-20/h2,5,8,10-11,13H,3-4,6-7,9H2,1H3. The van der Waals surface area contributed by atoms with Crippen LogP contribution in [0.2, 0.25) is 0 Å². The predicted octanol–water partition coefficient (Wildman–Crippen LogP) is 1.02. The van der Waals surface area contributed by atoms with Gasteiger partial charge < -0.3 is 9.80 Å². The molecule has 1 aromatic carbocycles. The molecule has 7 nitrogen and oxygen atoms in total. The van der Waals surface area contributed by atoms with Crippen LogP contribution in [0.5, 0.6) is 0 Å². The number of hydrogen-bond donors (Lipinski definition) is 0. The summed E-state index contributed by atoms with van der Waals surface area (Å²) >= 11 is 0. The van der Waals surface area contributed by atoms with Gasteiger partial charge in [0.1, 0.15) is 19.2 Å². The predicted molar refractivity (Wildman–Crippen MR) is 86.7 cm³/mol. The Morgan fingerprint density at radius 3 is 2.58 bits per heavy atom. The number of carbonyl (C=O) groups is 2. The summed E-state index contributed by atoms with van der Waals surface area (Å²) in [6.07, 6.45) is 5.32. The van der Waals surface area contributed by atoms with E-state index in [4.69, 9.17) is 0 Å². The Labute approximate surface area is 139 Å². The van der Waals surface area contributed by atoms with E-state index in [2.05, 4.69) is 10.2 Å². The van der Waals surface area contributed by atoms with Gasteiger partial charge >= 0.3 is 0 Å². The number of nitrogens with zero attached hydrogens (tertiary/aromatic N) is 5. The number of rotatable bonds is 3. The second-order valence-electron chi connectivity index (χ2n) is 6.43. The summed E-state index contributed by atoms with van der Waals surface area (Å²) in [5.74, 6) is -0.0678. The third kappa shape index (κ3) is 2.66. The highest BCUT2D eigenvalue weighted by Crippen LogP contribution is 2.28. The van der Waals surface area contributed by atoms with Crippen LogP contribution < -0.4 is 0 Å². The number of hydrogen-bond acceptors (Lipinski definition) is 4. The largest absolute Gasteiger partial charge is 0.336 e. The summed E-state index contributed by atoms with van der Waals surface area (Å²) < 4.78 is 1.72. The van der Waals surface area contributed by atoms with E-state index in [1.807, 2.05) is 30.0 Å². The number of aryl methyl sites for hydroxylation is 1. The zero-order valence-corrected chi connectivity index (χ0v) is 13.6. The number of aromatic nitrogens is 3. The van der Waals surface area contributed by atoms with Gasteiger partial charge in [0.25, 0.3) is 5.91 Å². The minimum Gasteiger partial charge on any atom is -0.336 e. The lowest BCUT2D eigenvalue weighted by molar-refractivity contribution is -0.135. The second-order valence-corrected chi connectivity index (χ2v) is 6.43. The molecule has 1 aromatic heterocycles. The molecule has 2 amide bonds. The molecule has 2 aliphatic rings. The molecule has 24 heavy (non-hydrogen) atoms. The third-order valence-corrected chi connectivity index (χ3v) is 4.61. The Balaban J connectivity index is 1.60. The lowest BCUT2D eigenvalue weighted by Gasteiger charge is -2.34. The highest BCUT2D eigenvalue weighted by molar-refractivity contribution is 6.00. The highest BCUT2D eigenvalue weighted by Gasteiger charge is 2.37. The van der Waals surface area contributed by atoms with Gasteiger partial charge in [-0.25, -0.2) is 0 Å². The van der Waals surface area contributed by atoms with Gasteiger partial charge in [0, 0.05) is 19.1 Å². The lowest BCUT2D eigenvalue weighted by Crippen LogP contribution is -2.53. The molecule has 1 saturated carbocycles. The molecule has 0 radical (unpaired) electrons. The van der Waals surface area contributed by atoms with Crippen molar-refractivity contribution in [3.05, 3.63) is 42.0 Å². The fourth-order valence-electron chi connectivity index (χ4n) is 3.17. The second kappa shape index (κ2) is 5.74. The van der Waals surface area contributed by atoms with E-state index in [-0.39, 0.29) is 18.4 Å². The van der Waals surface area contributed by atoms with Gasteiger partial charge in [-0.3, -0.25) is 14.2 Å². The zero-order valence-electron chi connectivity index (χ0n) is 13.6. The molecule has 7 heteroatoms. The Morgan fingerprint density at radius 1 is 1.17 bits per heavy atom. The van der Waals surface area contributed by atoms with Gasteiger partial charge in [0.05, 0.1) is 11.3 Å². The van der Waals surface area contributed by atoms with Crippen molar-refractivity contribution >= 4 is 11.8 Å². The van der Waals surface area contributed by atoms with E-state index in [1.54, 1.807) is 22.1 Å². The Morgan fingerprint density at radius 2 is 1.92 bits per heavy atom. The average Bonchev–Trinajstić information content (AvgIpc) is 3.27. The summed E-state index contributed by atoms with van der Waals surface area (Å²) in [6.45, 7) is 3.31. The van der Waals surface area contributed by atoms with Crippen LogP contribution in [0.1, 0.15) is 28.8 Å². The number of piperazine rings is 1. The molecule has 2 aromatic rings. The fourth-order valence-corrected chi connectivity index (χ4v) is 3.17. The first-order valence-electron chi connectivity index (χ1n) is 8.18. The van der Waals surface area contributed by atoms with Crippen LogP contribution in [0.3, 0.4) is 0 Å². The van der Waals surface area contributed by atoms with Crippen molar-refractivity contribution < 1.29 is 9.59 Å². The van der Waals surface area contributed by atoms with Crippen LogP contribution in [-0.4, -0.2) is 62.1 Å². The van der Waals surface area contributed by atoms with Gasteiger partial charge in [-0.05, 0) is 31.9 Å². The summed E-state index contributed by atoms with van der Waals surface area (Å²) in [5.41, 5.74) is 2.30. The first-order chi connectivity index (χ1) is 11.6. The summed E-state index contributed by atoms with van der Waals surface area (Å²) in [6, 6.07) is 6.09. The van der Waals surface area contributed by atoms with Crippen molar-refractivity contribution in [3.8, 4) is 5.69 Å². The maximum absolute atomic E-state index is 13.0. The topological polar surface area (TPSA) is 71.3 Å². The first kappa shape index (κ1) is 14.9. The van der Waals surface area contributed by atoms with E-state index < -0.39 is 0 Å². The molecule has 4 rings (SSSR count). The summed E-state index contributed by atoms with van der Waals surface area (Å²) in [4.78, 5) is 28.9. The van der Waals surface area contributed by atoms with E-state index in [1.165, 1.54) is 0 Å². The molecule has 2 fully saturated rings. The maximum atomic E-state index is 13.0. The molecule has 1 saturated heterocycles. The molecular weight excluding hydrogens is 306 g/mol. The molecule has 0 bridgehead atoms. The molecule has 0 N–H and O–H groups in total. The van der Waals surface area contributed by atoms with Crippen molar-refractivity contribution in [1.29, 1.82) is 0 Å². The lowest BCUT2D eigenvalue weighted by atomic mass is 10.1. The Kier molecular flexibility index (Phi) is 3.55. The summed E-state index contributed by atoms with van der Waals surface area (Å²) in [5, 5.41) is 7.62. The normalized spacial score (nSPS) is 18.1. The van der Waals surface area contributed by atoms with Gasteiger partial charge in [-0.1, -0.05) is 11.6 Å². The van der Waals surface area contributed by atoms with Crippen molar-refractivity contribution in [2.24, 2.45) is 0 Å². The van der Waals surface area contributed by atoms with Crippen molar-refractivity contribution in [2.45, 2.75) is 25.8 Å². The van der Waals surface area contributed by atoms with Crippen LogP contribution in [0.4, 0.5) is 0 Å². The SMILES string of the molecule is Cc1ccc(-n2cnnc2)c(C(=O)N2CCN(C3CC3)C(=O)C2)c1. The molecule has 0 unspecified atom stereocenters.